The first-order valence-corrected chi connectivity index (χ1v) is 8.37. The zero-order valence-corrected chi connectivity index (χ0v) is 13.5. The molecule has 0 saturated carbocycles. The Morgan fingerprint density at radius 3 is 2.95 bits per heavy atom. The SMILES string of the molecule is CC(C)(C)C1CSCCN1Cc1nnc(-c2ccco2)o1. The lowest BCUT2D eigenvalue weighted by Crippen LogP contribution is -2.49. The number of furan rings is 1. The Kier molecular flexibility index (Phi) is 4.08. The zero-order chi connectivity index (χ0) is 14.9. The zero-order valence-electron chi connectivity index (χ0n) is 12.7. The van der Waals surface area contributed by atoms with E-state index in [4.69, 9.17) is 8.83 Å². The van der Waals surface area contributed by atoms with Crippen LogP contribution in [0.4, 0.5) is 0 Å². The van der Waals surface area contributed by atoms with Gasteiger partial charge in [0.2, 0.25) is 5.89 Å². The van der Waals surface area contributed by atoms with Crippen LogP contribution < -0.4 is 0 Å². The lowest BCUT2D eigenvalue weighted by molar-refractivity contribution is 0.102. The summed E-state index contributed by atoms with van der Waals surface area (Å²) in [6.45, 7) is 8.64. The molecule has 6 heteroatoms. The van der Waals surface area contributed by atoms with Crippen molar-refractivity contribution in [3.8, 4) is 11.7 Å². The van der Waals surface area contributed by atoms with E-state index < -0.39 is 0 Å². The van der Waals surface area contributed by atoms with Crippen molar-refractivity contribution in [2.24, 2.45) is 5.41 Å². The van der Waals surface area contributed by atoms with Crippen LogP contribution in [0.15, 0.2) is 27.2 Å². The van der Waals surface area contributed by atoms with Crippen molar-refractivity contribution in [3.05, 3.63) is 24.3 Å². The van der Waals surface area contributed by atoms with Gasteiger partial charge in [-0.2, -0.15) is 11.8 Å². The van der Waals surface area contributed by atoms with Crippen LogP contribution in [0.2, 0.25) is 0 Å². The molecular formula is C15H21N3O2S. The first kappa shape index (κ1) is 14.7. The standard InChI is InChI=1S/C15H21N3O2S/c1-15(2,3)12-10-21-8-6-18(12)9-13-16-17-14(20-13)11-5-4-7-19-11/h4-5,7,12H,6,8-10H2,1-3H3. The van der Waals surface area contributed by atoms with Gasteiger partial charge >= 0.3 is 0 Å². The van der Waals surface area contributed by atoms with Crippen molar-refractivity contribution in [2.45, 2.75) is 33.4 Å². The Bertz CT molecular complexity index is 574. The summed E-state index contributed by atoms with van der Waals surface area (Å²) in [6, 6.07) is 4.17. The van der Waals surface area contributed by atoms with E-state index in [0.717, 1.165) is 18.1 Å². The van der Waals surface area contributed by atoms with Gasteiger partial charge in [0, 0.05) is 24.1 Å². The van der Waals surface area contributed by atoms with E-state index in [1.807, 2.05) is 23.9 Å². The Hall–Kier alpha value is -1.27. The van der Waals surface area contributed by atoms with E-state index in [1.165, 1.54) is 0 Å². The van der Waals surface area contributed by atoms with Gasteiger partial charge in [-0.05, 0) is 17.5 Å². The molecule has 1 fully saturated rings. The highest BCUT2D eigenvalue weighted by atomic mass is 32.2. The molecule has 21 heavy (non-hydrogen) atoms. The molecular weight excluding hydrogens is 286 g/mol. The molecule has 114 valence electrons. The lowest BCUT2D eigenvalue weighted by atomic mass is 9.86. The van der Waals surface area contributed by atoms with Gasteiger partial charge in [0.1, 0.15) is 0 Å². The van der Waals surface area contributed by atoms with Crippen LogP contribution in [0.1, 0.15) is 26.7 Å². The van der Waals surface area contributed by atoms with E-state index in [1.54, 1.807) is 6.26 Å². The minimum absolute atomic E-state index is 0.247. The summed E-state index contributed by atoms with van der Waals surface area (Å²) < 4.78 is 11.0. The highest BCUT2D eigenvalue weighted by molar-refractivity contribution is 7.99. The molecule has 3 rings (SSSR count). The molecule has 0 bridgehead atoms. The van der Waals surface area contributed by atoms with Crippen LogP contribution in [0.25, 0.3) is 11.7 Å². The van der Waals surface area contributed by atoms with Gasteiger partial charge in [-0.3, -0.25) is 4.90 Å². The second kappa shape index (κ2) is 5.85. The first-order valence-electron chi connectivity index (χ1n) is 7.22. The molecule has 5 nitrogen and oxygen atoms in total. The lowest BCUT2D eigenvalue weighted by Gasteiger charge is -2.42. The van der Waals surface area contributed by atoms with E-state index in [9.17, 15) is 0 Å². The molecule has 1 unspecified atom stereocenters. The number of thioether (sulfide) groups is 1. The second-order valence-electron chi connectivity index (χ2n) is 6.41. The summed E-state index contributed by atoms with van der Waals surface area (Å²) in [5, 5.41) is 8.23. The molecule has 1 saturated heterocycles. The average molecular weight is 307 g/mol. The van der Waals surface area contributed by atoms with Crippen molar-refractivity contribution < 1.29 is 8.83 Å². The summed E-state index contributed by atoms with van der Waals surface area (Å²) in [5.74, 6) is 4.04. The van der Waals surface area contributed by atoms with Crippen molar-refractivity contribution in [1.29, 1.82) is 0 Å². The Morgan fingerprint density at radius 2 is 2.24 bits per heavy atom. The summed E-state index contributed by atoms with van der Waals surface area (Å²) in [5.41, 5.74) is 0.247. The minimum atomic E-state index is 0.247. The first-order chi connectivity index (χ1) is 10.0. The van der Waals surface area contributed by atoms with Gasteiger partial charge in [-0.25, -0.2) is 0 Å². The van der Waals surface area contributed by atoms with Gasteiger partial charge in [-0.1, -0.05) is 20.8 Å². The van der Waals surface area contributed by atoms with E-state index in [0.29, 0.717) is 30.1 Å². The molecule has 0 radical (unpaired) electrons. The summed E-state index contributed by atoms with van der Waals surface area (Å²) in [4.78, 5) is 2.45. The van der Waals surface area contributed by atoms with Crippen molar-refractivity contribution in [3.63, 3.8) is 0 Å². The second-order valence-corrected chi connectivity index (χ2v) is 7.56. The fourth-order valence-corrected chi connectivity index (χ4v) is 4.08. The molecule has 0 aromatic carbocycles. The van der Waals surface area contributed by atoms with Gasteiger partial charge in [-0.15, -0.1) is 10.2 Å². The average Bonchev–Trinajstić information content (AvgIpc) is 3.08. The molecule has 0 aliphatic carbocycles. The molecule has 0 amide bonds. The molecule has 3 heterocycles. The van der Waals surface area contributed by atoms with Gasteiger partial charge in [0.25, 0.3) is 5.89 Å². The highest BCUT2D eigenvalue weighted by Gasteiger charge is 2.33. The molecule has 1 aliphatic rings. The third kappa shape index (κ3) is 3.32. The number of hydrogen-bond acceptors (Lipinski definition) is 6. The predicted molar refractivity (Wildman–Crippen MR) is 83.0 cm³/mol. The maximum Gasteiger partial charge on any atom is 0.283 e. The van der Waals surface area contributed by atoms with Crippen LogP contribution in [-0.4, -0.2) is 39.2 Å². The van der Waals surface area contributed by atoms with Crippen molar-refractivity contribution in [2.75, 3.05) is 18.1 Å². The Labute approximate surface area is 129 Å². The molecule has 0 spiro atoms. The number of hydrogen-bond donors (Lipinski definition) is 0. The van der Waals surface area contributed by atoms with E-state index in [-0.39, 0.29) is 5.41 Å². The van der Waals surface area contributed by atoms with Crippen molar-refractivity contribution >= 4 is 11.8 Å². The fraction of sp³-hybridized carbons (Fsp3) is 0.600. The number of aromatic nitrogens is 2. The summed E-state index contributed by atoms with van der Waals surface area (Å²) in [7, 11) is 0. The smallest absolute Gasteiger partial charge is 0.283 e. The number of nitrogens with zero attached hydrogens (tertiary/aromatic N) is 3. The molecule has 2 aromatic rings. The van der Waals surface area contributed by atoms with Crippen LogP contribution in [0.3, 0.4) is 0 Å². The van der Waals surface area contributed by atoms with Crippen LogP contribution in [0.5, 0.6) is 0 Å². The Balaban J connectivity index is 1.73. The van der Waals surface area contributed by atoms with E-state index >= 15 is 0 Å². The number of rotatable bonds is 3. The van der Waals surface area contributed by atoms with Crippen molar-refractivity contribution in [1.82, 2.24) is 15.1 Å². The van der Waals surface area contributed by atoms with Gasteiger partial charge < -0.3 is 8.83 Å². The topological polar surface area (TPSA) is 55.3 Å². The Morgan fingerprint density at radius 1 is 1.38 bits per heavy atom. The van der Waals surface area contributed by atoms with Gasteiger partial charge in [0.15, 0.2) is 5.76 Å². The molecule has 2 aromatic heterocycles. The third-order valence-corrected chi connectivity index (χ3v) is 4.80. The highest BCUT2D eigenvalue weighted by Crippen LogP contribution is 2.31. The van der Waals surface area contributed by atoms with E-state index in [2.05, 4.69) is 35.9 Å². The summed E-state index contributed by atoms with van der Waals surface area (Å²) >= 11 is 2.02. The predicted octanol–water partition coefficient (Wildman–Crippen LogP) is 3.29. The van der Waals surface area contributed by atoms with Crippen LogP contribution in [0, 0.1) is 5.41 Å². The fourth-order valence-electron chi connectivity index (χ4n) is 2.62. The molecule has 1 atom stereocenters. The third-order valence-electron chi connectivity index (χ3n) is 3.78. The van der Waals surface area contributed by atoms with Crippen LogP contribution >= 0.6 is 11.8 Å². The molecule has 1 aliphatic heterocycles. The normalized spacial score (nSPS) is 20.8. The summed E-state index contributed by atoms with van der Waals surface area (Å²) in [6.07, 6.45) is 1.61. The maximum absolute atomic E-state index is 5.73. The maximum atomic E-state index is 5.73. The van der Waals surface area contributed by atoms with Gasteiger partial charge in [0.05, 0.1) is 12.8 Å². The van der Waals surface area contributed by atoms with Crippen LogP contribution in [-0.2, 0) is 6.54 Å². The minimum Gasteiger partial charge on any atom is -0.459 e. The largest absolute Gasteiger partial charge is 0.459 e. The quantitative estimate of drug-likeness (QED) is 0.867. The monoisotopic (exact) mass is 307 g/mol. The molecule has 0 N–H and O–H groups in total.